The Hall–Kier alpha value is -2.15. The van der Waals surface area contributed by atoms with Crippen LogP contribution in [0.5, 0.6) is 0 Å². The first-order chi connectivity index (χ1) is 9.84. The summed E-state index contributed by atoms with van der Waals surface area (Å²) in [4.78, 5) is 12.1. The van der Waals surface area contributed by atoms with Crippen molar-refractivity contribution < 1.29 is 4.79 Å². The monoisotopic (exact) mass is 274 g/mol. The zero-order chi connectivity index (χ0) is 13.8. The highest BCUT2D eigenvalue weighted by atomic mass is 16.1. The molecule has 0 bridgehead atoms. The summed E-state index contributed by atoms with van der Waals surface area (Å²) < 4.78 is 1.85. The summed E-state index contributed by atoms with van der Waals surface area (Å²) in [6.07, 6.45) is 5.41. The lowest BCUT2D eigenvalue weighted by Crippen LogP contribution is -2.29. The number of carbonyl (C=O) groups is 1. The largest absolute Gasteiger partial charge is 0.351 e. The van der Waals surface area contributed by atoms with Crippen LogP contribution >= 0.6 is 0 Å². The van der Waals surface area contributed by atoms with Crippen LogP contribution in [0.2, 0.25) is 0 Å². The highest BCUT2D eigenvalue weighted by Crippen LogP contribution is 2.14. The average molecular weight is 274 g/mol. The number of amides is 1. The zero-order valence-electron chi connectivity index (χ0n) is 11.2. The Morgan fingerprint density at radius 2 is 2.45 bits per heavy atom. The number of carbonyl (C=O) groups excluding carboxylic acids is 1. The van der Waals surface area contributed by atoms with E-state index in [1.807, 2.05) is 16.9 Å². The van der Waals surface area contributed by atoms with Crippen molar-refractivity contribution in [2.75, 3.05) is 13.1 Å². The van der Waals surface area contributed by atoms with Gasteiger partial charge in [0, 0.05) is 56.3 Å². The van der Waals surface area contributed by atoms with E-state index in [1.165, 1.54) is 0 Å². The molecule has 1 aliphatic heterocycles. The molecule has 0 aromatic carbocycles. The van der Waals surface area contributed by atoms with Crippen LogP contribution < -0.4 is 10.6 Å². The van der Waals surface area contributed by atoms with Crippen molar-refractivity contribution in [3.05, 3.63) is 35.4 Å². The molecule has 0 saturated heterocycles. The first-order valence-electron chi connectivity index (χ1n) is 6.87. The van der Waals surface area contributed by atoms with Gasteiger partial charge in [0.1, 0.15) is 0 Å². The molecule has 0 unspecified atom stereocenters. The lowest BCUT2D eigenvalue weighted by Gasteiger charge is -2.12. The minimum atomic E-state index is -0.105. The quantitative estimate of drug-likeness (QED) is 0.673. The maximum atomic E-state index is 12.1. The van der Waals surface area contributed by atoms with E-state index < -0.39 is 0 Å². The molecular weight excluding hydrogens is 256 g/mol. The number of aromatic nitrogens is 4. The van der Waals surface area contributed by atoms with E-state index >= 15 is 0 Å². The number of hydrogen-bond donors (Lipinski definition) is 3. The molecule has 0 atom stereocenters. The standard InChI is InChI=1S/C13H18N6O/c20-13(15-4-1-7-19-8-2-5-16-19)12-10-9-14-6-3-11(10)17-18-12/h2,5,8,14H,1,3-4,6-7,9H2,(H,15,20)(H,17,18). The fourth-order valence-electron chi connectivity index (χ4n) is 2.37. The Kier molecular flexibility index (Phi) is 3.78. The van der Waals surface area contributed by atoms with Crippen molar-refractivity contribution in [2.45, 2.75) is 25.9 Å². The van der Waals surface area contributed by atoms with Gasteiger partial charge < -0.3 is 10.6 Å². The van der Waals surface area contributed by atoms with Crippen LogP contribution in [0.25, 0.3) is 0 Å². The van der Waals surface area contributed by atoms with E-state index in [1.54, 1.807) is 6.20 Å². The average Bonchev–Trinajstić information content (AvgIpc) is 3.12. The smallest absolute Gasteiger partial charge is 0.272 e. The number of aryl methyl sites for hydroxylation is 1. The van der Waals surface area contributed by atoms with E-state index in [2.05, 4.69) is 25.9 Å². The number of aromatic amines is 1. The molecule has 0 spiro atoms. The number of nitrogens with zero attached hydrogens (tertiary/aromatic N) is 3. The fourth-order valence-corrected chi connectivity index (χ4v) is 2.37. The lowest BCUT2D eigenvalue weighted by molar-refractivity contribution is 0.0946. The Labute approximate surface area is 116 Å². The van der Waals surface area contributed by atoms with Crippen LogP contribution in [-0.4, -0.2) is 39.0 Å². The molecule has 0 radical (unpaired) electrons. The van der Waals surface area contributed by atoms with Gasteiger partial charge in [0.15, 0.2) is 5.69 Å². The predicted octanol–water partition coefficient (Wildman–Crippen LogP) is 0.0720. The fraction of sp³-hybridized carbons (Fsp3) is 0.462. The van der Waals surface area contributed by atoms with E-state index in [0.717, 1.165) is 37.2 Å². The summed E-state index contributed by atoms with van der Waals surface area (Å²) in [5.74, 6) is -0.105. The molecular formula is C13H18N6O. The van der Waals surface area contributed by atoms with Crippen molar-refractivity contribution in [2.24, 2.45) is 0 Å². The molecule has 3 heterocycles. The van der Waals surface area contributed by atoms with Gasteiger partial charge in [0.2, 0.25) is 0 Å². The molecule has 0 saturated carbocycles. The van der Waals surface area contributed by atoms with Crippen LogP contribution in [0.4, 0.5) is 0 Å². The third kappa shape index (κ3) is 2.72. The van der Waals surface area contributed by atoms with Gasteiger partial charge >= 0.3 is 0 Å². The molecule has 7 nitrogen and oxygen atoms in total. The summed E-state index contributed by atoms with van der Waals surface area (Å²) in [7, 11) is 0. The maximum absolute atomic E-state index is 12.1. The molecule has 106 valence electrons. The molecule has 20 heavy (non-hydrogen) atoms. The minimum absolute atomic E-state index is 0.105. The Morgan fingerprint density at radius 3 is 3.30 bits per heavy atom. The first-order valence-corrected chi connectivity index (χ1v) is 6.87. The Bertz CT molecular complexity index is 574. The number of nitrogens with one attached hydrogen (secondary N) is 3. The van der Waals surface area contributed by atoms with Crippen LogP contribution in [0.1, 0.15) is 28.2 Å². The second-order valence-electron chi connectivity index (χ2n) is 4.83. The summed E-state index contributed by atoms with van der Waals surface area (Å²) in [5, 5.41) is 17.4. The summed E-state index contributed by atoms with van der Waals surface area (Å²) in [6, 6.07) is 1.89. The van der Waals surface area contributed by atoms with Crippen molar-refractivity contribution in [3.63, 3.8) is 0 Å². The van der Waals surface area contributed by atoms with Crippen molar-refractivity contribution in [3.8, 4) is 0 Å². The second-order valence-corrected chi connectivity index (χ2v) is 4.83. The predicted molar refractivity (Wildman–Crippen MR) is 73.2 cm³/mol. The topological polar surface area (TPSA) is 87.6 Å². The van der Waals surface area contributed by atoms with E-state index in [0.29, 0.717) is 18.8 Å². The van der Waals surface area contributed by atoms with E-state index in [-0.39, 0.29) is 5.91 Å². The lowest BCUT2D eigenvalue weighted by atomic mass is 10.1. The number of hydrogen-bond acceptors (Lipinski definition) is 4. The highest BCUT2D eigenvalue weighted by molar-refractivity contribution is 5.94. The van der Waals surface area contributed by atoms with Crippen LogP contribution in [0.3, 0.4) is 0 Å². The van der Waals surface area contributed by atoms with Gasteiger partial charge in [-0.1, -0.05) is 0 Å². The van der Waals surface area contributed by atoms with Gasteiger partial charge in [-0.3, -0.25) is 14.6 Å². The molecule has 1 amide bonds. The Morgan fingerprint density at radius 1 is 1.50 bits per heavy atom. The zero-order valence-corrected chi connectivity index (χ0v) is 11.2. The van der Waals surface area contributed by atoms with Gasteiger partial charge in [-0.2, -0.15) is 10.2 Å². The molecule has 2 aromatic heterocycles. The third-order valence-corrected chi connectivity index (χ3v) is 3.43. The SMILES string of the molecule is O=C(NCCCn1cccn1)c1n[nH]c2c1CNCC2. The van der Waals surface area contributed by atoms with Gasteiger partial charge in [-0.05, 0) is 12.5 Å². The number of H-pyrrole nitrogens is 1. The molecule has 3 rings (SSSR count). The van der Waals surface area contributed by atoms with Gasteiger partial charge in [0.25, 0.3) is 5.91 Å². The molecule has 0 fully saturated rings. The molecule has 3 N–H and O–H groups in total. The summed E-state index contributed by atoms with van der Waals surface area (Å²) in [5.41, 5.74) is 2.59. The van der Waals surface area contributed by atoms with Crippen LogP contribution in [0, 0.1) is 0 Å². The molecule has 1 aliphatic rings. The summed E-state index contributed by atoms with van der Waals surface area (Å²) in [6.45, 7) is 3.06. The van der Waals surface area contributed by atoms with Crippen molar-refractivity contribution in [1.82, 2.24) is 30.6 Å². The second kappa shape index (κ2) is 5.87. The van der Waals surface area contributed by atoms with Crippen molar-refractivity contribution in [1.29, 1.82) is 0 Å². The van der Waals surface area contributed by atoms with Crippen molar-refractivity contribution >= 4 is 5.91 Å². The highest BCUT2D eigenvalue weighted by Gasteiger charge is 2.20. The molecule has 7 heteroatoms. The normalized spacial score (nSPS) is 14.0. The number of rotatable bonds is 5. The van der Waals surface area contributed by atoms with Crippen LogP contribution in [-0.2, 0) is 19.5 Å². The first kappa shape index (κ1) is 12.9. The number of fused-ring (bicyclic) bond motifs is 1. The maximum Gasteiger partial charge on any atom is 0.272 e. The molecule has 2 aromatic rings. The van der Waals surface area contributed by atoms with Crippen LogP contribution in [0.15, 0.2) is 18.5 Å². The molecule has 0 aliphatic carbocycles. The minimum Gasteiger partial charge on any atom is -0.351 e. The van der Waals surface area contributed by atoms with Gasteiger partial charge in [-0.15, -0.1) is 0 Å². The summed E-state index contributed by atoms with van der Waals surface area (Å²) >= 11 is 0. The van der Waals surface area contributed by atoms with Gasteiger partial charge in [0.05, 0.1) is 0 Å². The Balaban J connectivity index is 1.50. The van der Waals surface area contributed by atoms with E-state index in [9.17, 15) is 4.79 Å². The van der Waals surface area contributed by atoms with E-state index in [4.69, 9.17) is 0 Å². The van der Waals surface area contributed by atoms with Gasteiger partial charge in [-0.25, -0.2) is 0 Å². The third-order valence-electron chi connectivity index (χ3n) is 3.43.